The van der Waals surface area contributed by atoms with E-state index < -0.39 is 0 Å². The van der Waals surface area contributed by atoms with E-state index in [0.29, 0.717) is 0 Å². The van der Waals surface area contributed by atoms with Gasteiger partial charge in [-0.2, -0.15) is 0 Å². The van der Waals surface area contributed by atoms with Crippen LogP contribution in [0.3, 0.4) is 0 Å². The summed E-state index contributed by atoms with van der Waals surface area (Å²) in [5.41, 5.74) is 1.31. The van der Waals surface area contributed by atoms with Crippen LogP contribution >= 0.6 is 0 Å². The van der Waals surface area contributed by atoms with Crippen LogP contribution in [0.15, 0.2) is 24.3 Å². The lowest BCUT2D eigenvalue weighted by atomic mass is 10.2. The quantitative estimate of drug-likeness (QED) is 0.734. The second-order valence-electron chi connectivity index (χ2n) is 7.13. The van der Waals surface area contributed by atoms with E-state index in [9.17, 15) is 0 Å². The van der Waals surface area contributed by atoms with Crippen molar-refractivity contribution >= 4 is 5.69 Å². The van der Waals surface area contributed by atoms with Crippen molar-refractivity contribution in [3.63, 3.8) is 0 Å². The van der Waals surface area contributed by atoms with Crippen molar-refractivity contribution in [2.75, 3.05) is 84.5 Å². The average Bonchev–Trinajstić information content (AvgIpc) is 2.62. The lowest BCUT2D eigenvalue weighted by Gasteiger charge is -2.34. The smallest absolute Gasteiger partial charge is 0.119 e. The summed E-state index contributed by atoms with van der Waals surface area (Å²) in [5, 5.41) is 0. The number of anilines is 1. The Balaban J connectivity index is 1.35. The number of ether oxygens (including phenoxy) is 1. The number of hydrogen-bond donors (Lipinski definition) is 0. The van der Waals surface area contributed by atoms with Crippen LogP contribution in [0.25, 0.3) is 0 Å². The zero-order valence-electron chi connectivity index (χ0n) is 15.3. The van der Waals surface area contributed by atoms with Crippen molar-refractivity contribution in [3.8, 4) is 5.75 Å². The fourth-order valence-corrected chi connectivity index (χ4v) is 3.37. The molecule has 134 valence electrons. The maximum atomic E-state index is 5.91. The van der Waals surface area contributed by atoms with Crippen LogP contribution in [-0.2, 0) is 0 Å². The second kappa shape index (κ2) is 8.70. The third-order valence-electron chi connectivity index (χ3n) is 5.19. The molecule has 2 aliphatic rings. The minimum absolute atomic E-state index is 0.806. The Morgan fingerprint density at radius 1 is 0.792 bits per heavy atom. The Labute approximate surface area is 146 Å². The van der Waals surface area contributed by atoms with E-state index in [0.717, 1.165) is 51.5 Å². The van der Waals surface area contributed by atoms with E-state index in [4.69, 9.17) is 4.74 Å². The maximum Gasteiger partial charge on any atom is 0.119 e. The van der Waals surface area contributed by atoms with E-state index >= 15 is 0 Å². The molecule has 0 bridgehead atoms. The van der Waals surface area contributed by atoms with Crippen molar-refractivity contribution in [1.29, 1.82) is 0 Å². The topological polar surface area (TPSA) is 22.2 Å². The predicted molar refractivity (Wildman–Crippen MR) is 100 cm³/mol. The van der Waals surface area contributed by atoms with Gasteiger partial charge in [0.15, 0.2) is 0 Å². The van der Waals surface area contributed by atoms with Gasteiger partial charge in [-0.15, -0.1) is 0 Å². The van der Waals surface area contributed by atoms with Gasteiger partial charge in [0.1, 0.15) is 5.75 Å². The molecule has 1 aromatic rings. The largest absolute Gasteiger partial charge is 0.494 e. The van der Waals surface area contributed by atoms with Gasteiger partial charge in [-0.1, -0.05) is 0 Å². The summed E-state index contributed by atoms with van der Waals surface area (Å²) in [6, 6.07) is 8.62. The van der Waals surface area contributed by atoms with Crippen LogP contribution in [0.4, 0.5) is 5.69 Å². The first-order chi connectivity index (χ1) is 11.7. The number of piperazine rings is 2. The summed E-state index contributed by atoms with van der Waals surface area (Å²) in [6.45, 7) is 11.2. The van der Waals surface area contributed by atoms with Crippen molar-refractivity contribution in [2.24, 2.45) is 0 Å². The van der Waals surface area contributed by atoms with Crippen molar-refractivity contribution in [1.82, 2.24) is 14.7 Å². The highest BCUT2D eigenvalue weighted by Crippen LogP contribution is 2.20. The van der Waals surface area contributed by atoms with Crippen LogP contribution in [0, 0.1) is 0 Å². The predicted octanol–water partition coefficient (Wildman–Crippen LogP) is 1.45. The number of benzene rings is 1. The van der Waals surface area contributed by atoms with E-state index in [1.165, 1.54) is 31.9 Å². The van der Waals surface area contributed by atoms with Crippen LogP contribution in [-0.4, -0.2) is 94.3 Å². The molecule has 0 aromatic heterocycles. The standard InChI is InChI=1S/C19H32N4O/c1-20-9-13-22(14-10-20)8-3-17-24-19-6-4-18(5-7-19)23-15-11-21(2)12-16-23/h4-7H,3,8-17H2,1-2H3. The molecule has 5 heteroatoms. The lowest BCUT2D eigenvalue weighted by molar-refractivity contribution is 0.145. The molecule has 3 rings (SSSR count). The van der Waals surface area contributed by atoms with Crippen molar-refractivity contribution < 1.29 is 4.74 Å². The number of likely N-dealkylation sites (N-methyl/N-ethyl adjacent to an activating group) is 2. The van der Waals surface area contributed by atoms with Crippen molar-refractivity contribution in [2.45, 2.75) is 6.42 Å². The molecule has 1 aromatic carbocycles. The van der Waals surface area contributed by atoms with E-state index in [1.807, 2.05) is 0 Å². The van der Waals surface area contributed by atoms with Gasteiger partial charge in [0, 0.05) is 64.6 Å². The summed E-state index contributed by atoms with van der Waals surface area (Å²) in [4.78, 5) is 9.78. The van der Waals surface area contributed by atoms with E-state index in [-0.39, 0.29) is 0 Å². The summed E-state index contributed by atoms with van der Waals surface area (Å²) in [7, 11) is 4.39. The van der Waals surface area contributed by atoms with Crippen LogP contribution in [0.2, 0.25) is 0 Å². The minimum atomic E-state index is 0.806. The number of nitrogens with zero attached hydrogens (tertiary/aromatic N) is 4. The molecule has 0 N–H and O–H groups in total. The van der Waals surface area contributed by atoms with Gasteiger partial charge in [0.2, 0.25) is 0 Å². The molecule has 0 radical (unpaired) electrons. The van der Waals surface area contributed by atoms with Gasteiger partial charge in [0.25, 0.3) is 0 Å². The van der Waals surface area contributed by atoms with Gasteiger partial charge in [0.05, 0.1) is 6.61 Å². The molecule has 0 unspecified atom stereocenters. The third-order valence-corrected chi connectivity index (χ3v) is 5.19. The highest BCUT2D eigenvalue weighted by Gasteiger charge is 2.14. The molecule has 0 amide bonds. The lowest BCUT2D eigenvalue weighted by Crippen LogP contribution is -2.44. The zero-order valence-corrected chi connectivity index (χ0v) is 15.3. The van der Waals surface area contributed by atoms with Crippen LogP contribution in [0.1, 0.15) is 6.42 Å². The SMILES string of the molecule is CN1CCN(CCCOc2ccc(N3CCN(C)CC3)cc2)CC1. The Kier molecular flexibility index (Phi) is 6.35. The first kappa shape index (κ1) is 17.5. The molecule has 24 heavy (non-hydrogen) atoms. The first-order valence-electron chi connectivity index (χ1n) is 9.28. The molecule has 0 aliphatic carbocycles. The minimum Gasteiger partial charge on any atom is -0.494 e. The average molecular weight is 332 g/mol. The molecule has 2 fully saturated rings. The zero-order chi connectivity index (χ0) is 16.8. The Bertz CT molecular complexity index is 477. The van der Waals surface area contributed by atoms with Gasteiger partial charge in [-0.3, -0.25) is 0 Å². The Morgan fingerprint density at radius 2 is 1.38 bits per heavy atom. The summed E-state index contributed by atoms with van der Waals surface area (Å²) in [5.74, 6) is 0.992. The fraction of sp³-hybridized carbons (Fsp3) is 0.684. The molecule has 2 heterocycles. The van der Waals surface area contributed by atoms with E-state index in [2.05, 4.69) is 58.0 Å². The highest BCUT2D eigenvalue weighted by molar-refractivity contribution is 5.49. The Hall–Kier alpha value is -1.30. The monoisotopic (exact) mass is 332 g/mol. The first-order valence-corrected chi connectivity index (χ1v) is 9.28. The van der Waals surface area contributed by atoms with Crippen molar-refractivity contribution in [3.05, 3.63) is 24.3 Å². The van der Waals surface area contributed by atoms with Gasteiger partial charge in [-0.05, 0) is 44.8 Å². The molecule has 5 nitrogen and oxygen atoms in total. The molecule has 2 aliphatic heterocycles. The van der Waals surface area contributed by atoms with Gasteiger partial charge < -0.3 is 24.3 Å². The second-order valence-corrected chi connectivity index (χ2v) is 7.13. The highest BCUT2D eigenvalue weighted by atomic mass is 16.5. The molecular formula is C19H32N4O. The maximum absolute atomic E-state index is 5.91. The Morgan fingerprint density at radius 3 is 2.00 bits per heavy atom. The summed E-state index contributed by atoms with van der Waals surface area (Å²) in [6.07, 6.45) is 1.10. The molecule has 0 saturated carbocycles. The molecule has 0 atom stereocenters. The van der Waals surface area contributed by atoms with Gasteiger partial charge >= 0.3 is 0 Å². The fourth-order valence-electron chi connectivity index (χ4n) is 3.37. The number of rotatable bonds is 6. The molecular weight excluding hydrogens is 300 g/mol. The molecule has 2 saturated heterocycles. The summed E-state index contributed by atoms with van der Waals surface area (Å²) >= 11 is 0. The van der Waals surface area contributed by atoms with Crippen LogP contribution in [0.5, 0.6) is 5.75 Å². The van der Waals surface area contributed by atoms with Crippen LogP contribution < -0.4 is 9.64 Å². The van der Waals surface area contributed by atoms with Gasteiger partial charge in [-0.25, -0.2) is 0 Å². The molecule has 0 spiro atoms. The number of hydrogen-bond acceptors (Lipinski definition) is 5. The van der Waals surface area contributed by atoms with E-state index in [1.54, 1.807) is 0 Å². The third kappa shape index (κ3) is 5.10. The summed E-state index contributed by atoms with van der Waals surface area (Å²) < 4.78 is 5.91. The normalized spacial score (nSPS) is 21.2.